The molecule has 1 amide bonds. The van der Waals surface area contributed by atoms with Crippen LogP contribution >= 0.6 is 11.6 Å². The molecular weight excluding hydrogens is 475 g/mol. The predicted octanol–water partition coefficient (Wildman–Crippen LogP) is 2.00. The Morgan fingerprint density at radius 2 is 1.88 bits per heavy atom. The number of carbonyl (C=O) groups excluding carboxylic acids is 1. The maximum Gasteiger partial charge on any atom is 0.257 e. The molecule has 0 radical (unpaired) electrons. The fourth-order valence-electron chi connectivity index (χ4n) is 3.59. The third kappa shape index (κ3) is 4.68. The Balaban J connectivity index is 1.54. The van der Waals surface area contributed by atoms with Crippen LogP contribution in [0.4, 0.5) is 4.39 Å². The molecule has 0 saturated carbocycles. The van der Waals surface area contributed by atoms with Crippen LogP contribution in [0.5, 0.6) is 5.75 Å². The Morgan fingerprint density at radius 3 is 2.55 bits per heavy atom. The zero-order valence-electron chi connectivity index (χ0n) is 17.6. The van der Waals surface area contributed by atoms with Crippen LogP contribution in [-0.4, -0.2) is 77.0 Å². The van der Waals surface area contributed by atoms with Crippen molar-refractivity contribution in [3.8, 4) is 11.4 Å². The van der Waals surface area contributed by atoms with Crippen LogP contribution in [0, 0.1) is 5.82 Å². The molecule has 0 bridgehead atoms. The van der Waals surface area contributed by atoms with Gasteiger partial charge >= 0.3 is 0 Å². The van der Waals surface area contributed by atoms with E-state index in [0.29, 0.717) is 18.7 Å². The van der Waals surface area contributed by atoms with Gasteiger partial charge in [-0.2, -0.15) is 8.99 Å². The first-order valence-corrected chi connectivity index (χ1v) is 11.8. The van der Waals surface area contributed by atoms with Gasteiger partial charge in [-0.15, -0.1) is 5.10 Å². The molecule has 174 valence electrons. The van der Waals surface area contributed by atoms with Crippen molar-refractivity contribution in [3.63, 3.8) is 0 Å². The monoisotopic (exact) mass is 494 g/mol. The highest BCUT2D eigenvalue weighted by atomic mass is 35.5. The molecule has 10 nitrogen and oxygen atoms in total. The highest BCUT2D eigenvalue weighted by Crippen LogP contribution is 2.30. The number of amides is 1. The van der Waals surface area contributed by atoms with Crippen molar-refractivity contribution < 1.29 is 22.3 Å². The average Bonchev–Trinajstić information content (AvgIpc) is 3.22. The van der Waals surface area contributed by atoms with Crippen molar-refractivity contribution in [1.29, 1.82) is 0 Å². The summed E-state index contributed by atoms with van der Waals surface area (Å²) in [5, 5.41) is 11.2. The van der Waals surface area contributed by atoms with Crippen molar-refractivity contribution in [3.05, 3.63) is 59.1 Å². The van der Waals surface area contributed by atoms with E-state index in [1.165, 1.54) is 40.6 Å². The Morgan fingerprint density at radius 1 is 1.12 bits per heavy atom. The number of aromatic nitrogens is 4. The molecule has 0 atom stereocenters. The first-order chi connectivity index (χ1) is 15.8. The van der Waals surface area contributed by atoms with Crippen LogP contribution in [0.1, 0.15) is 16.8 Å². The molecule has 3 aromatic rings. The number of nitrogens with zero attached hydrogens (tertiary/aromatic N) is 6. The van der Waals surface area contributed by atoms with Crippen molar-refractivity contribution >= 4 is 27.5 Å². The number of hydrogen-bond donors (Lipinski definition) is 0. The minimum absolute atomic E-state index is 0.00955. The largest absolute Gasteiger partial charge is 0.496 e. The molecule has 1 fully saturated rings. The molecule has 13 heteroatoms. The van der Waals surface area contributed by atoms with Gasteiger partial charge in [0.2, 0.25) is 10.0 Å². The minimum atomic E-state index is -3.80. The topological polar surface area (TPSA) is 111 Å². The van der Waals surface area contributed by atoms with E-state index in [2.05, 4.69) is 15.5 Å². The van der Waals surface area contributed by atoms with Crippen LogP contribution < -0.4 is 4.74 Å². The molecular formula is C20H20ClFN6O4S. The summed E-state index contributed by atoms with van der Waals surface area (Å²) in [5.41, 5.74) is 0.691. The lowest BCUT2D eigenvalue weighted by Gasteiger charge is -2.23. The van der Waals surface area contributed by atoms with Crippen LogP contribution in [0.2, 0.25) is 5.02 Å². The minimum Gasteiger partial charge on any atom is -0.496 e. The fraction of sp³-hybridized carbons (Fsp3) is 0.300. The molecule has 2 aromatic carbocycles. The highest BCUT2D eigenvalue weighted by molar-refractivity contribution is 7.89. The van der Waals surface area contributed by atoms with Crippen molar-refractivity contribution in [2.24, 2.45) is 0 Å². The third-order valence-corrected chi connectivity index (χ3v) is 7.50. The first-order valence-electron chi connectivity index (χ1n) is 9.97. The molecule has 4 rings (SSSR count). The number of carbonyl (C=O) groups is 1. The van der Waals surface area contributed by atoms with Crippen LogP contribution in [0.3, 0.4) is 0 Å². The van der Waals surface area contributed by atoms with Gasteiger partial charge in [0.1, 0.15) is 17.9 Å². The van der Waals surface area contributed by atoms with E-state index in [1.807, 2.05) is 0 Å². The van der Waals surface area contributed by atoms with Crippen molar-refractivity contribution in [2.45, 2.75) is 11.3 Å². The van der Waals surface area contributed by atoms with Gasteiger partial charge in [-0.05, 0) is 47.2 Å². The van der Waals surface area contributed by atoms with Gasteiger partial charge < -0.3 is 9.64 Å². The average molecular weight is 495 g/mol. The lowest BCUT2D eigenvalue weighted by molar-refractivity contribution is 0.0761. The standard InChI is InChI=1S/C20H20ClFN6O4S/c1-32-19-12-18(28-13-23-24-25-28)17(21)11-16(19)20(29)26-7-2-8-27(10-9-26)33(30,31)15-5-3-14(22)4-6-15/h3-6,11-13H,2,7-10H2,1H3. The van der Waals surface area contributed by atoms with E-state index < -0.39 is 15.8 Å². The third-order valence-electron chi connectivity index (χ3n) is 5.29. The Bertz CT molecular complexity index is 1250. The van der Waals surface area contributed by atoms with E-state index in [-0.39, 0.29) is 46.8 Å². The van der Waals surface area contributed by atoms with E-state index in [9.17, 15) is 17.6 Å². The molecule has 1 saturated heterocycles. The number of hydrogen-bond acceptors (Lipinski definition) is 7. The number of ether oxygens (including phenoxy) is 1. The number of tetrazole rings is 1. The fourth-order valence-corrected chi connectivity index (χ4v) is 5.31. The summed E-state index contributed by atoms with van der Waals surface area (Å²) in [6.07, 6.45) is 1.80. The van der Waals surface area contributed by atoms with E-state index in [1.54, 1.807) is 11.0 Å². The number of benzene rings is 2. The second-order valence-electron chi connectivity index (χ2n) is 7.26. The molecule has 0 aliphatic carbocycles. The number of sulfonamides is 1. The molecule has 0 unspecified atom stereocenters. The summed E-state index contributed by atoms with van der Waals surface area (Å²) in [5.74, 6) is -0.562. The van der Waals surface area contributed by atoms with Crippen molar-refractivity contribution in [1.82, 2.24) is 29.4 Å². The SMILES string of the molecule is COc1cc(-n2cnnn2)c(Cl)cc1C(=O)N1CCCN(S(=O)(=O)c2ccc(F)cc2)CC1. The summed E-state index contributed by atoms with van der Waals surface area (Å²) in [7, 11) is -2.37. The Kier molecular flexibility index (Phi) is 6.58. The van der Waals surface area contributed by atoms with Gasteiger partial charge in [-0.3, -0.25) is 4.79 Å². The first kappa shape index (κ1) is 23.1. The smallest absolute Gasteiger partial charge is 0.257 e. The second-order valence-corrected chi connectivity index (χ2v) is 9.61. The number of methoxy groups -OCH3 is 1. The van der Waals surface area contributed by atoms with Gasteiger partial charge in [0.05, 0.1) is 28.3 Å². The number of rotatable bonds is 5. The summed E-state index contributed by atoms with van der Waals surface area (Å²) in [6, 6.07) is 7.73. The van der Waals surface area contributed by atoms with Gasteiger partial charge in [-0.1, -0.05) is 11.6 Å². The zero-order chi connectivity index (χ0) is 23.6. The second kappa shape index (κ2) is 9.41. The van der Waals surface area contributed by atoms with Gasteiger partial charge in [-0.25, -0.2) is 12.8 Å². The Labute approximate surface area is 194 Å². The summed E-state index contributed by atoms with van der Waals surface area (Å²) < 4.78 is 47.1. The quantitative estimate of drug-likeness (QED) is 0.533. The van der Waals surface area contributed by atoms with E-state index in [4.69, 9.17) is 16.3 Å². The predicted molar refractivity (Wildman–Crippen MR) is 116 cm³/mol. The summed E-state index contributed by atoms with van der Waals surface area (Å²) >= 11 is 6.37. The van der Waals surface area contributed by atoms with Crippen LogP contribution in [0.15, 0.2) is 47.6 Å². The van der Waals surface area contributed by atoms with Crippen LogP contribution in [-0.2, 0) is 10.0 Å². The lowest BCUT2D eigenvalue weighted by Crippen LogP contribution is -2.37. The van der Waals surface area contributed by atoms with E-state index >= 15 is 0 Å². The maximum atomic E-state index is 13.3. The Hall–Kier alpha value is -3.09. The van der Waals surface area contributed by atoms with Gasteiger partial charge in [0.15, 0.2) is 0 Å². The molecule has 0 N–H and O–H groups in total. The lowest BCUT2D eigenvalue weighted by atomic mass is 10.1. The summed E-state index contributed by atoms with van der Waals surface area (Å²) in [4.78, 5) is 14.8. The molecule has 2 heterocycles. The molecule has 0 spiro atoms. The molecule has 1 aliphatic heterocycles. The normalized spacial score (nSPS) is 15.3. The molecule has 1 aliphatic rings. The van der Waals surface area contributed by atoms with Gasteiger partial charge in [0, 0.05) is 32.2 Å². The highest BCUT2D eigenvalue weighted by Gasteiger charge is 2.30. The summed E-state index contributed by atoms with van der Waals surface area (Å²) in [6.45, 7) is 0.863. The molecule has 1 aromatic heterocycles. The van der Waals surface area contributed by atoms with E-state index in [0.717, 1.165) is 12.1 Å². The number of halogens is 2. The maximum absolute atomic E-state index is 13.3. The molecule has 33 heavy (non-hydrogen) atoms. The zero-order valence-corrected chi connectivity index (χ0v) is 19.1. The van der Waals surface area contributed by atoms with Gasteiger partial charge in [0.25, 0.3) is 5.91 Å². The van der Waals surface area contributed by atoms with Crippen LogP contribution in [0.25, 0.3) is 5.69 Å². The van der Waals surface area contributed by atoms with Crippen molar-refractivity contribution in [2.75, 3.05) is 33.3 Å².